The summed E-state index contributed by atoms with van der Waals surface area (Å²) >= 11 is 0. The smallest absolute Gasteiger partial charge is 0.408 e. The third-order valence-corrected chi connectivity index (χ3v) is 14.9. The van der Waals surface area contributed by atoms with Gasteiger partial charge in [0.25, 0.3) is 17.5 Å². The van der Waals surface area contributed by atoms with Gasteiger partial charge in [-0.05, 0) is 80.2 Å². The fourth-order valence-corrected chi connectivity index (χ4v) is 10.8. The van der Waals surface area contributed by atoms with Crippen LogP contribution in [0.15, 0.2) is 23.0 Å². The SMILES string of the molecule is COc1ccc2c(=O)n3c(nc2c1)O[C@@H]1C[C@@H](C(=O)N[C@]2(C(=O)NS(=O)(=O)C4CC4)C[C@H]2C(F)F)N(C1)C(=O)[C@H](C(C)(C)C)NC(=O)O[C@@H]1C[C@@H]2C[C@@H]2[C@H]1CCCCC3. The number of fused-ring (bicyclic) bond motifs is 7. The molecule has 4 saturated carbocycles. The number of rotatable bonds is 7. The number of aromatic nitrogens is 2. The Bertz CT molecular complexity index is 2210. The summed E-state index contributed by atoms with van der Waals surface area (Å²) in [6.45, 7) is 5.20. The molecule has 4 amide bonds. The monoisotopic (exact) mass is 846 g/mol. The number of nitrogens with one attached hydrogen (secondary N) is 3. The van der Waals surface area contributed by atoms with E-state index in [1.54, 1.807) is 39.0 Å². The minimum absolute atomic E-state index is 0.0535. The first-order valence-corrected chi connectivity index (χ1v) is 22.1. The van der Waals surface area contributed by atoms with Crippen molar-refractivity contribution in [3.8, 4) is 11.8 Å². The second kappa shape index (κ2) is 15.2. The molecule has 0 radical (unpaired) electrons. The third-order valence-electron chi connectivity index (χ3n) is 13.1. The summed E-state index contributed by atoms with van der Waals surface area (Å²) in [7, 11) is -2.68. The Morgan fingerprint density at radius 3 is 2.47 bits per heavy atom. The summed E-state index contributed by atoms with van der Waals surface area (Å²) in [4.78, 5) is 76.1. The Labute approximate surface area is 340 Å². The molecule has 2 bridgehead atoms. The van der Waals surface area contributed by atoms with Crippen LogP contribution in [0.5, 0.6) is 11.8 Å². The number of sulfonamides is 1. The standard InChI is InChI=1S/C40H52F2N6O10S/c1-39(2,3)31-35(51)48-19-22(17-29(48)33(49)45-40(18-27(40)32(41)42)36(52)46-59(54,55)23-10-11-23)57-37-43-28-16-21(56-4)9-12-25(28)34(50)47(37)13-7-5-6-8-24-26-14-20(26)15-30(24)58-38(53)44-31/h9,12,16,20,22-24,26-27,29-32H,5-8,10-11,13-15,17-19H2,1-4H3,(H,44,53)(H,45,49)(H,46,52)/t20-,22+,24+,26-,27-,29-,30+,31+,40+/m0/s1. The lowest BCUT2D eigenvalue weighted by Crippen LogP contribution is -2.60. The number of alkyl carbamates (subject to hydrolysis) is 1. The predicted octanol–water partition coefficient (Wildman–Crippen LogP) is 3.24. The molecule has 0 spiro atoms. The largest absolute Gasteiger partial charge is 0.497 e. The molecule has 4 aliphatic carbocycles. The number of benzene rings is 1. The summed E-state index contributed by atoms with van der Waals surface area (Å²) in [5.41, 5.74) is -3.24. The van der Waals surface area contributed by atoms with Gasteiger partial charge >= 0.3 is 6.09 Å². The molecule has 6 aliphatic rings. The van der Waals surface area contributed by atoms with Gasteiger partial charge in [0.05, 0.1) is 35.7 Å². The van der Waals surface area contributed by atoms with Gasteiger partial charge in [-0.2, -0.15) is 4.98 Å². The Hall–Kier alpha value is -4.55. The first-order valence-electron chi connectivity index (χ1n) is 20.6. The molecule has 322 valence electrons. The Kier molecular flexibility index (Phi) is 10.6. The van der Waals surface area contributed by atoms with Crippen LogP contribution in [0.3, 0.4) is 0 Å². The van der Waals surface area contributed by atoms with Crippen LogP contribution in [-0.2, 0) is 35.7 Å². The van der Waals surface area contributed by atoms with Crippen LogP contribution in [0, 0.1) is 29.1 Å². The average Bonchev–Trinajstić information content (AvgIpc) is 4.11. The van der Waals surface area contributed by atoms with E-state index in [0.29, 0.717) is 47.8 Å². The molecule has 16 nitrogen and oxygen atoms in total. The van der Waals surface area contributed by atoms with E-state index in [2.05, 4.69) is 10.6 Å². The zero-order valence-corrected chi connectivity index (χ0v) is 34.4. The summed E-state index contributed by atoms with van der Waals surface area (Å²) in [5, 5.41) is 4.69. The van der Waals surface area contributed by atoms with Crippen molar-refractivity contribution in [1.29, 1.82) is 0 Å². The van der Waals surface area contributed by atoms with Crippen LogP contribution in [0.25, 0.3) is 10.9 Å². The summed E-state index contributed by atoms with van der Waals surface area (Å²) in [6, 6.07) is 2.15. The Morgan fingerprint density at radius 2 is 1.80 bits per heavy atom. The highest BCUT2D eigenvalue weighted by molar-refractivity contribution is 7.91. The van der Waals surface area contributed by atoms with E-state index in [-0.39, 0.29) is 43.1 Å². The molecule has 1 aromatic carbocycles. The number of hydrogen-bond acceptors (Lipinski definition) is 11. The van der Waals surface area contributed by atoms with E-state index in [1.807, 2.05) is 4.72 Å². The van der Waals surface area contributed by atoms with Gasteiger partial charge in [-0.3, -0.25) is 28.5 Å². The van der Waals surface area contributed by atoms with Crippen LogP contribution in [0.4, 0.5) is 13.6 Å². The van der Waals surface area contributed by atoms with E-state index in [0.717, 1.165) is 32.1 Å². The second-order valence-electron chi connectivity index (χ2n) is 18.3. The van der Waals surface area contributed by atoms with Gasteiger partial charge in [0, 0.05) is 19.0 Å². The first kappa shape index (κ1) is 41.2. The summed E-state index contributed by atoms with van der Waals surface area (Å²) in [5.74, 6) is -3.10. The highest BCUT2D eigenvalue weighted by Crippen LogP contribution is 2.58. The molecular weight excluding hydrogens is 795 g/mol. The van der Waals surface area contributed by atoms with E-state index in [1.165, 1.54) is 16.6 Å². The van der Waals surface area contributed by atoms with Gasteiger partial charge in [-0.25, -0.2) is 22.0 Å². The third kappa shape index (κ3) is 8.07. The number of hydrogen-bond donors (Lipinski definition) is 3. The first-order chi connectivity index (χ1) is 27.9. The number of halogens is 2. The number of carbonyl (C=O) groups is 4. The van der Waals surface area contributed by atoms with Gasteiger partial charge in [0.15, 0.2) is 0 Å². The molecule has 3 N–H and O–H groups in total. The van der Waals surface area contributed by atoms with Crippen molar-refractivity contribution in [1.82, 2.24) is 29.8 Å². The summed E-state index contributed by atoms with van der Waals surface area (Å²) in [6.07, 6.45) is -0.429. The maximum Gasteiger partial charge on any atom is 0.408 e. The predicted molar refractivity (Wildman–Crippen MR) is 207 cm³/mol. The average molecular weight is 847 g/mol. The van der Waals surface area contributed by atoms with E-state index in [9.17, 15) is 41.2 Å². The maximum absolute atomic E-state index is 14.7. The van der Waals surface area contributed by atoms with Crippen molar-refractivity contribution in [3.05, 3.63) is 28.6 Å². The zero-order valence-electron chi connectivity index (χ0n) is 33.6. The molecule has 59 heavy (non-hydrogen) atoms. The van der Waals surface area contributed by atoms with E-state index in [4.69, 9.17) is 19.2 Å². The molecule has 9 atom stereocenters. The molecule has 2 aliphatic heterocycles. The van der Waals surface area contributed by atoms with Crippen LogP contribution >= 0.6 is 0 Å². The molecule has 1 saturated heterocycles. The topological polar surface area (TPSA) is 204 Å². The lowest BCUT2D eigenvalue weighted by atomic mass is 9.85. The van der Waals surface area contributed by atoms with Crippen LogP contribution in [-0.4, -0.2) is 102 Å². The van der Waals surface area contributed by atoms with E-state index >= 15 is 0 Å². The van der Waals surface area contributed by atoms with Gasteiger partial charge in [-0.15, -0.1) is 0 Å². The minimum Gasteiger partial charge on any atom is -0.497 e. The lowest BCUT2D eigenvalue weighted by Gasteiger charge is -2.36. The number of alkyl halides is 2. The van der Waals surface area contributed by atoms with Crippen LogP contribution in [0.1, 0.15) is 85.0 Å². The van der Waals surface area contributed by atoms with Crippen molar-refractivity contribution in [2.75, 3.05) is 13.7 Å². The fourth-order valence-electron chi connectivity index (χ4n) is 9.44. The molecule has 2 aromatic rings. The Morgan fingerprint density at radius 1 is 1.03 bits per heavy atom. The second-order valence-corrected chi connectivity index (χ2v) is 20.3. The lowest BCUT2D eigenvalue weighted by molar-refractivity contribution is -0.143. The van der Waals surface area contributed by atoms with Crippen molar-refractivity contribution < 1.29 is 50.6 Å². The maximum atomic E-state index is 14.7. The number of nitrogens with zero attached hydrogens (tertiary/aromatic N) is 3. The minimum atomic E-state index is -4.16. The number of amides is 4. The molecular formula is C40H52F2N6O10S. The zero-order chi connectivity index (χ0) is 42.2. The van der Waals surface area contributed by atoms with Gasteiger partial charge in [0.1, 0.15) is 35.6 Å². The fraction of sp³-hybridized carbons (Fsp3) is 0.700. The van der Waals surface area contributed by atoms with Gasteiger partial charge < -0.3 is 29.7 Å². The highest BCUT2D eigenvalue weighted by atomic mass is 32.2. The van der Waals surface area contributed by atoms with Crippen molar-refractivity contribution >= 4 is 44.7 Å². The number of ether oxygens (including phenoxy) is 3. The molecule has 1 aromatic heterocycles. The highest BCUT2D eigenvalue weighted by Gasteiger charge is 2.67. The van der Waals surface area contributed by atoms with E-state index < -0.39 is 87.0 Å². The molecule has 19 heteroatoms. The molecule has 0 unspecified atom stereocenters. The van der Waals surface area contributed by atoms with Gasteiger partial charge in [0.2, 0.25) is 28.3 Å². The molecule has 3 heterocycles. The van der Waals surface area contributed by atoms with Crippen LogP contribution < -0.4 is 30.4 Å². The summed E-state index contributed by atoms with van der Waals surface area (Å²) < 4.78 is 75.0. The van der Waals surface area contributed by atoms with Crippen molar-refractivity contribution in [2.45, 2.75) is 133 Å². The molecule has 5 fully saturated rings. The molecule has 8 rings (SSSR count). The normalized spacial score (nSPS) is 32.4. The van der Waals surface area contributed by atoms with Crippen molar-refractivity contribution in [3.63, 3.8) is 0 Å². The van der Waals surface area contributed by atoms with Crippen molar-refractivity contribution in [2.24, 2.45) is 29.1 Å². The number of methoxy groups -OCH3 is 1. The van der Waals surface area contributed by atoms with Crippen LogP contribution in [0.2, 0.25) is 0 Å². The Balaban J connectivity index is 1.15. The quantitative estimate of drug-likeness (QED) is 0.369. The number of carbonyl (C=O) groups excluding carboxylic acids is 4. The van der Waals surface area contributed by atoms with Gasteiger partial charge in [-0.1, -0.05) is 33.6 Å².